The van der Waals surface area contributed by atoms with E-state index in [4.69, 9.17) is 0 Å². The van der Waals surface area contributed by atoms with Crippen molar-refractivity contribution in [1.82, 2.24) is 9.88 Å². The van der Waals surface area contributed by atoms with Crippen molar-refractivity contribution in [3.63, 3.8) is 0 Å². The molecular weight excluding hydrogens is 208 g/mol. The summed E-state index contributed by atoms with van der Waals surface area (Å²) in [6.45, 7) is 6.57. The fourth-order valence-corrected chi connectivity index (χ4v) is 2.79. The summed E-state index contributed by atoms with van der Waals surface area (Å²) < 4.78 is 2.46. The van der Waals surface area contributed by atoms with Crippen molar-refractivity contribution in [3.8, 4) is 11.3 Å². The van der Waals surface area contributed by atoms with Gasteiger partial charge in [-0.25, -0.2) is 0 Å². The van der Waals surface area contributed by atoms with E-state index in [9.17, 15) is 0 Å². The lowest BCUT2D eigenvalue weighted by Crippen LogP contribution is -2.31. The minimum atomic E-state index is 0.458. The zero-order valence-electron chi connectivity index (χ0n) is 10.4. The van der Waals surface area contributed by atoms with E-state index in [0.29, 0.717) is 6.04 Å². The van der Waals surface area contributed by atoms with Gasteiger partial charge in [-0.2, -0.15) is 0 Å². The predicted molar refractivity (Wildman–Crippen MR) is 71.0 cm³/mol. The molecule has 0 saturated carbocycles. The van der Waals surface area contributed by atoms with Crippen molar-refractivity contribution < 1.29 is 0 Å². The van der Waals surface area contributed by atoms with Gasteiger partial charge < -0.3 is 9.88 Å². The Morgan fingerprint density at radius 3 is 2.76 bits per heavy atom. The van der Waals surface area contributed by atoms with Crippen LogP contribution in [0.3, 0.4) is 0 Å². The molecule has 0 bridgehead atoms. The smallest absolute Gasteiger partial charge is 0.0513 e. The topological polar surface area (TPSA) is 17.0 Å². The van der Waals surface area contributed by atoms with Crippen LogP contribution in [-0.4, -0.2) is 11.1 Å². The number of hydrogen-bond acceptors (Lipinski definition) is 1. The molecule has 2 heterocycles. The van der Waals surface area contributed by atoms with Gasteiger partial charge in [0.2, 0.25) is 0 Å². The zero-order valence-corrected chi connectivity index (χ0v) is 10.4. The zero-order chi connectivity index (χ0) is 11.8. The number of rotatable bonds is 1. The third-order valence-corrected chi connectivity index (χ3v) is 3.60. The van der Waals surface area contributed by atoms with Crippen molar-refractivity contribution in [2.24, 2.45) is 0 Å². The second-order valence-corrected chi connectivity index (χ2v) is 4.79. The number of hydrogen-bond donors (Lipinski definition) is 1. The number of nitrogens with one attached hydrogen (secondary N) is 1. The highest BCUT2D eigenvalue weighted by atomic mass is 15.1. The molecule has 88 valence electrons. The predicted octanol–water partition coefficient (Wildman–Crippen LogP) is 3.13. The molecule has 0 aliphatic carbocycles. The normalized spacial score (nSPS) is 19.1. The van der Waals surface area contributed by atoms with Crippen LogP contribution >= 0.6 is 0 Å². The Morgan fingerprint density at radius 1 is 1.24 bits per heavy atom. The third-order valence-electron chi connectivity index (χ3n) is 3.60. The molecule has 1 aromatic carbocycles. The molecule has 2 aromatic rings. The first kappa shape index (κ1) is 10.6. The van der Waals surface area contributed by atoms with E-state index in [-0.39, 0.29) is 0 Å². The van der Waals surface area contributed by atoms with Crippen LogP contribution in [0.2, 0.25) is 0 Å². The van der Waals surface area contributed by atoms with Crippen molar-refractivity contribution in [3.05, 3.63) is 47.7 Å². The summed E-state index contributed by atoms with van der Waals surface area (Å²) in [7, 11) is 0. The first-order chi connectivity index (χ1) is 8.27. The second kappa shape index (κ2) is 4.04. The van der Waals surface area contributed by atoms with Crippen LogP contribution < -0.4 is 5.32 Å². The molecule has 3 rings (SSSR count). The van der Waals surface area contributed by atoms with Gasteiger partial charge in [0.05, 0.1) is 5.69 Å². The Morgan fingerprint density at radius 2 is 2.00 bits per heavy atom. The Labute approximate surface area is 102 Å². The van der Waals surface area contributed by atoms with Crippen LogP contribution in [0, 0.1) is 6.92 Å². The molecule has 2 nitrogen and oxygen atoms in total. The number of aromatic nitrogens is 1. The average Bonchev–Trinajstić information content (AvgIpc) is 2.68. The molecule has 1 aliphatic rings. The fourth-order valence-electron chi connectivity index (χ4n) is 2.79. The first-order valence-electron chi connectivity index (χ1n) is 6.26. The Bertz CT molecular complexity index is 525. The Balaban J connectivity index is 2.18. The molecule has 1 aromatic heterocycles. The summed E-state index contributed by atoms with van der Waals surface area (Å²) in [6, 6.07) is 13.5. The van der Waals surface area contributed by atoms with E-state index in [1.807, 2.05) is 0 Å². The molecule has 17 heavy (non-hydrogen) atoms. The van der Waals surface area contributed by atoms with Gasteiger partial charge in [-0.05, 0) is 31.0 Å². The van der Waals surface area contributed by atoms with Gasteiger partial charge in [0.25, 0.3) is 0 Å². The van der Waals surface area contributed by atoms with E-state index in [1.165, 1.54) is 22.5 Å². The average molecular weight is 226 g/mol. The monoisotopic (exact) mass is 226 g/mol. The number of fused-ring (bicyclic) bond motifs is 1. The third kappa shape index (κ3) is 1.69. The molecule has 0 saturated heterocycles. The minimum absolute atomic E-state index is 0.458. The van der Waals surface area contributed by atoms with E-state index in [0.717, 1.165) is 13.1 Å². The van der Waals surface area contributed by atoms with Gasteiger partial charge in [-0.15, -0.1) is 0 Å². The van der Waals surface area contributed by atoms with Crippen LogP contribution in [0.5, 0.6) is 0 Å². The van der Waals surface area contributed by atoms with E-state index in [1.54, 1.807) is 0 Å². The van der Waals surface area contributed by atoms with Crippen molar-refractivity contribution in [2.45, 2.75) is 26.4 Å². The molecule has 0 amide bonds. The van der Waals surface area contributed by atoms with E-state index >= 15 is 0 Å². The van der Waals surface area contributed by atoms with Crippen LogP contribution in [0.25, 0.3) is 11.3 Å². The van der Waals surface area contributed by atoms with Gasteiger partial charge in [0, 0.05) is 24.8 Å². The molecule has 0 fully saturated rings. The van der Waals surface area contributed by atoms with Crippen LogP contribution in [0.1, 0.15) is 24.2 Å². The highest BCUT2D eigenvalue weighted by Crippen LogP contribution is 2.31. The molecule has 1 unspecified atom stereocenters. The number of nitrogens with zero attached hydrogens (tertiary/aromatic N) is 1. The van der Waals surface area contributed by atoms with E-state index in [2.05, 4.69) is 60.1 Å². The Kier molecular flexibility index (Phi) is 2.52. The molecule has 0 radical (unpaired) electrons. The van der Waals surface area contributed by atoms with Gasteiger partial charge in [-0.1, -0.05) is 30.3 Å². The lowest BCUT2D eigenvalue weighted by Gasteiger charge is -2.25. The number of aryl methyl sites for hydroxylation is 1. The molecule has 1 atom stereocenters. The van der Waals surface area contributed by atoms with Gasteiger partial charge in [0.1, 0.15) is 0 Å². The molecular formula is C15H18N2. The van der Waals surface area contributed by atoms with Gasteiger partial charge in [-0.3, -0.25) is 0 Å². The lowest BCUT2D eigenvalue weighted by atomic mass is 10.1. The SMILES string of the molecule is Cc1cc2n(c1-c1ccccc1)CCNC2C. The van der Waals surface area contributed by atoms with Gasteiger partial charge >= 0.3 is 0 Å². The van der Waals surface area contributed by atoms with Crippen LogP contribution in [0.4, 0.5) is 0 Å². The second-order valence-electron chi connectivity index (χ2n) is 4.79. The number of benzene rings is 1. The van der Waals surface area contributed by atoms with Gasteiger partial charge in [0.15, 0.2) is 0 Å². The Hall–Kier alpha value is -1.54. The molecule has 1 N–H and O–H groups in total. The maximum Gasteiger partial charge on any atom is 0.0513 e. The fraction of sp³-hybridized carbons (Fsp3) is 0.333. The highest BCUT2D eigenvalue weighted by Gasteiger charge is 2.20. The van der Waals surface area contributed by atoms with Crippen LogP contribution in [0.15, 0.2) is 36.4 Å². The molecule has 1 aliphatic heterocycles. The summed E-state index contributed by atoms with van der Waals surface area (Å²) in [4.78, 5) is 0. The lowest BCUT2D eigenvalue weighted by molar-refractivity contribution is 0.451. The van der Waals surface area contributed by atoms with Crippen molar-refractivity contribution >= 4 is 0 Å². The standard InChI is InChI=1S/C15H18N2/c1-11-10-14-12(2)16-8-9-17(14)15(11)13-6-4-3-5-7-13/h3-7,10,12,16H,8-9H2,1-2H3. The molecule has 2 heteroatoms. The largest absolute Gasteiger partial charge is 0.342 e. The summed E-state index contributed by atoms with van der Waals surface area (Å²) in [5, 5.41) is 3.51. The minimum Gasteiger partial charge on any atom is -0.342 e. The summed E-state index contributed by atoms with van der Waals surface area (Å²) in [6.07, 6.45) is 0. The maximum absolute atomic E-state index is 3.51. The summed E-state index contributed by atoms with van der Waals surface area (Å²) in [5.41, 5.74) is 5.49. The molecule has 0 spiro atoms. The van der Waals surface area contributed by atoms with Crippen molar-refractivity contribution in [2.75, 3.05) is 6.54 Å². The van der Waals surface area contributed by atoms with Crippen molar-refractivity contribution in [1.29, 1.82) is 0 Å². The van der Waals surface area contributed by atoms with Crippen LogP contribution in [-0.2, 0) is 6.54 Å². The quantitative estimate of drug-likeness (QED) is 0.790. The maximum atomic E-state index is 3.51. The summed E-state index contributed by atoms with van der Waals surface area (Å²) in [5.74, 6) is 0. The first-order valence-corrected chi connectivity index (χ1v) is 6.26. The van der Waals surface area contributed by atoms with E-state index < -0.39 is 0 Å². The highest BCUT2D eigenvalue weighted by molar-refractivity contribution is 5.65. The summed E-state index contributed by atoms with van der Waals surface area (Å²) >= 11 is 0.